The maximum atomic E-state index is 5.51. The topological polar surface area (TPSA) is 30.2 Å². The van der Waals surface area contributed by atoms with Gasteiger partial charge in [-0.25, -0.2) is 4.98 Å². The first-order chi connectivity index (χ1) is 31.7. The van der Waals surface area contributed by atoms with Gasteiger partial charge >= 0.3 is 0 Å². The predicted octanol–water partition coefficient (Wildman–Crippen LogP) is 16.7. The minimum Gasteiger partial charge on any atom is -0.291 e. The van der Waals surface area contributed by atoms with Gasteiger partial charge in [0.05, 0.1) is 26.9 Å². The molecule has 0 saturated carbocycles. The summed E-state index contributed by atoms with van der Waals surface area (Å²) in [5, 5.41) is 13.4. The van der Waals surface area contributed by atoms with Crippen molar-refractivity contribution >= 4 is 102 Å². The van der Waals surface area contributed by atoms with E-state index >= 15 is 0 Å². The van der Waals surface area contributed by atoms with Crippen molar-refractivity contribution in [2.45, 2.75) is 0 Å². The number of hydrogen-bond acceptors (Lipinski definition) is 3. The third-order valence-corrected chi connectivity index (χ3v) is 14.6. The van der Waals surface area contributed by atoms with Gasteiger partial charge < -0.3 is 0 Å². The van der Waals surface area contributed by atoms with Crippen LogP contribution in [0.15, 0.2) is 212 Å². The Balaban J connectivity index is 0.883. The van der Waals surface area contributed by atoms with Crippen molar-refractivity contribution < 1.29 is 0 Å². The first-order valence-electron chi connectivity index (χ1n) is 21.8. The van der Waals surface area contributed by atoms with Crippen LogP contribution in [0.25, 0.3) is 135 Å². The average Bonchev–Trinajstić information content (AvgIpc) is 3.95. The van der Waals surface area contributed by atoms with Gasteiger partial charge in [0.1, 0.15) is 0 Å². The highest BCUT2D eigenvalue weighted by Crippen LogP contribution is 2.43. The van der Waals surface area contributed by atoms with Crippen molar-refractivity contribution in [1.29, 1.82) is 0 Å². The largest absolute Gasteiger partial charge is 0.291 e. The van der Waals surface area contributed by atoms with E-state index in [-0.39, 0.29) is 0 Å². The fourth-order valence-corrected chi connectivity index (χ4v) is 11.5. The number of nitrogens with zero attached hydrogens (tertiary/aromatic N) is 3. The quantitative estimate of drug-likeness (QED) is 0.131. The fraction of sp³-hybridized carbons (Fsp3) is 0. The number of benzene rings is 10. The maximum Gasteiger partial charge on any atom is 0.156 e. The number of fused-ring (bicyclic) bond motifs is 14. The van der Waals surface area contributed by atoms with E-state index in [1.807, 2.05) is 23.6 Å². The molecule has 3 nitrogen and oxygen atoms in total. The van der Waals surface area contributed by atoms with Gasteiger partial charge in [0, 0.05) is 37.8 Å². The molecule has 4 heteroatoms. The monoisotopic (exact) mass is 829 g/mol. The van der Waals surface area contributed by atoms with Crippen LogP contribution in [0.5, 0.6) is 0 Å². The second kappa shape index (κ2) is 13.7. The Kier molecular flexibility index (Phi) is 7.56. The molecule has 0 N–H and O–H groups in total. The standard InChI is InChI=1S/C60H35N3S/c1-2-11-41-33-52-42(32-40(41)10-1)27-30-54-58(52)62-60-59-53(49-16-7-8-18-56(49)64-59)35-55(63(54)60)39-25-23-37(24-26-39)45-29-28-44(46-13-3-4-14-47(45)46)36-19-21-38(22-20-36)51-34-43-12-9-31-61-57(43)50-17-6-5-15-48(50)51/h1-35H. The number of thiophene rings is 1. The highest BCUT2D eigenvalue weighted by Gasteiger charge is 2.20. The van der Waals surface area contributed by atoms with Crippen LogP contribution in [0.3, 0.4) is 0 Å². The number of pyridine rings is 2. The normalized spacial score (nSPS) is 12.1. The summed E-state index contributed by atoms with van der Waals surface area (Å²) in [6.45, 7) is 0. The summed E-state index contributed by atoms with van der Waals surface area (Å²) in [6.07, 6.45) is 1.88. The minimum atomic E-state index is 1.01. The molecule has 4 aromatic heterocycles. The van der Waals surface area contributed by atoms with Crippen LogP contribution in [-0.4, -0.2) is 14.4 Å². The molecule has 0 atom stereocenters. The van der Waals surface area contributed by atoms with Gasteiger partial charge in [-0.2, -0.15) is 0 Å². The minimum absolute atomic E-state index is 1.01. The molecular weight excluding hydrogens is 795 g/mol. The summed E-state index contributed by atoms with van der Waals surface area (Å²) in [5.74, 6) is 0. The first-order valence-corrected chi connectivity index (χ1v) is 22.6. The summed E-state index contributed by atoms with van der Waals surface area (Å²) in [7, 11) is 0. The zero-order valence-electron chi connectivity index (χ0n) is 34.5. The molecular formula is C60H35N3S. The van der Waals surface area contributed by atoms with Crippen LogP contribution in [0.2, 0.25) is 0 Å². The number of imidazole rings is 1. The van der Waals surface area contributed by atoms with Gasteiger partial charge in [-0.1, -0.05) is 164 Å². The van der Waals surface area contributed by atoms with E-state index in [2.05, 4.69) is 205 Å². The van der Waals surface area contributed by atoms with Crippen molar-refractivity contribution in [3.05, 3.63) is 212 Å². The van der Waals surface area contributed by atoms with Gasteiger partial charge in [-0.3, -0.25) is 9.38 Å². The average molecular weight is 830 g/mol. The van der Waals surface area contributed by atoms with Crippen molar-refractivity contribution in [3.63, 3.8) is 0 Å². The van der Waals surface area contributed by atoms with Gasteiger partial charge in [0.25, 0.3) is 0 Å². The Morgan fingerprint density at radius 2 is 0.938 bits per heavy atom. The molecule has 64 heavy (non-hydrogen) atoms. The van der Waals surface area contributed by atoms with Crippen LogP contribution in [0.1, 0.15) is 0 Å². The van der Waals surface area contributed by atoms with Gasteiger partial charge in [-0.15, -0.1) is 11.3 Å². The SMILES string of the molecule is c1ccc2cc3c(ccc4c3nc3c5sc6ccccc6c5cc(-c5ccc(-c6ccc(-c7ccc(-c8cc9cccnc9c9ccccc89)cc7)c7ccccc67)cc5)n43)cc2c1. The first kappa shape index (κ1) is 35.4. The molecule has 4 heterocycles. The van der Waals surface area contributed by atoms with Crippen LogP contribution in [0, 0.1) is 0 Å². The Bertz CT molecular complexity index is 4230. The van der Waals surface area contributed by atoms with Crippen molar-refractivity contribution in [3.8, 4) is 44.6 Å². The lowest BCUT2D eigenvalue weighted by atomic mass is 9.90. The molecule has 14 aromatic rings. The van der Waals surface area contributed by atoms with Crippen molar-refractivity contribution in [2.75, 3.05) is 0 Å². The lowest BCUT2D eigenvalue weighted by Crippen LogP contribution is -1.93. The Labute approximate surface area is 371 Å². The molecule has 10 aromatic carbocycles. The third kappa shape index (κ3) is 5.27. The van der Waals surface area contributed by atoms with Crippen molar-refractivity contribution in [1.82, 2.24) is 14.4 Å². The highest BCUT2D eigenvalue weighted by molar-refractivity contribution is 7.26. The van der Waals surface area contributed by atoms with E-state index in [0.717, 1.165) is 38.8 Å². The lowest BCUT2D eigenvalue weighted by molar-refractivity contribution is 1.25. The van der Waals surface area contributed by atoms with Crippen LogP contribution < -0.4 is 0 Å². The van der Waals surface area contributed by atoms with Crippen LogP contribution in [0.4, 0.5) is 0 Å². The van der Waals surface area contributed by atoms with Crippen molar-refractivity contribution in [2.24, 2.45) is 0 Å². The van der Waals surface area contributed by atoms with Crippen LogP contribution in [-0.2, 0) is 0 Å². The molecule has 0 spiro atoms. The molecule has 14 rings (SSSR count). The fourth-order valence-electron chi connectivity index (χ4n) is 10.3. The zero-order valence-corrected chi connectivity index (χ0v) is 35.3. The van der Waals surface area contributed by atoms with Gasteiger partial charge in [0.15, 0.2) is 5.65 Å². The number of aromatic nitrogens is 3. The molecule has 0 unspecified atom stereocenters. The molecule has 0 bridgehead atoms. The Morgan fingerprint density at radius 3 is 1.66 bits per heavy atom. The summed E-state index contributed by atoms with van der Waals surface area (Å²) in [4.78, 5) is 10.2. The zero-order chi connectivity index (χ0) is 41.9. The van der Waals surface area contributed by atoms with E-state index < -0.39 is 0 Å². The third-order valence-electron chi connectivity index (χ3n) is 13.4. The molecule has 0 radical (unpaired) electrons. The highest BCUT2D eigenvalue weighted by atomic mass is 32.1. The van der Waals surface area contributed by atoms with Crippen LogP contribution >= 0.6 is 11.3 Å². The summed E-state index contributed by atoms with van der Waals surface area (Å²) in [5.41, 5.74) is 13.7. The summed E-state index contributed by atoms with van der Waals surface area (Å²) in [6, 6.07) is 75.6. The number of rotatable bonds is 4. The Hall–Kier alpha value is -8.18. The molecule has 0 aliphatic rings. The second-order valence-electron chi connectivity index (χ2n) is 16.9. The summed E-state index contributed by atoms with van der Waals surface area (Å²) < 4.78 is 4.89. The Morgan fingerprint density at radius 1 is 0.359 bits per heavy atom. The molecule has 0 fully saturated rings. The number of hydrogen-bond donors (Lipinski definition) is 0. The maximum absolute atomic E-state index is 5.51. The van der Waals surface area contributed by atoms with E-state index in [1.54, 1.807) is 0 Å². The van der Waals surface area contributed by atoms with E-state index in [4.69, 9.17) is 9.97 Å². The van der Waals surface area contributed by atoms with E-state index in [1.165, 1.54) is 96.6 Å². The molecule has 0 aliphatic heterocycles. The smallest absolute Gasteiger partial charge is 0.156 e. The lowest BCUT2D eigenvalue weighted by Gasteiger charge is -2.14. The van der Waals surface area contributed by atoms with Gasteiger partial charge in [-0.05, 0) is 114 Å². The van der Waals surface area contributed by atoms with E-state index in [9.17, 15) is 0 Å². The van der Waals surface area contributed by atoms with E-state index in [0.29, 0.717) is 0 Å². The molecule has 0 amide bonds. The summed E-state index contributed by atoms with van der Waals surface area (Å²) >= 11 is 1.83. The predicted molar refractivity (Wildman–Crippen MR) is 273 cm³/mol. The van der Waals surface area contributed by atoms with Gasteiger partial charge in [0.2, 0.25) is 0 Å². The molecule has 0 saturated heterocycles. The molecule has 0 aliphatic carbocycles. The second-order valence-corrected chi connectivity index (χ2v) is 18.0. The molecule has 296 valence electrons.